The van der Waals surface area contributed by atoms with Crippen LogP contribution in [0.15, 0.2) is 30.3 Å². The molecule has 1 N–H and O–H groups in total. The highest BCUT2D eigenvalue weighted by atomic mass is 16.5. The number of ether oxygens (including phenoxy) is 3. The number of hydrogen-bond donors (Lipinski definition) is 1. The van der Waals surface area contributed by atoms with E-state index in [9.17, 15) is 9.59 Å². The molecule has 0 radical (unpaired) electrons. The van der Waals surface area contributed by atoms with E-state index in [0.717, 1.165) is 5.56 Å². The van der Waals surface area contributed by atoms with Crippen molar-refractivity contribution in [3.63, 3.8) is 0 Å². The van der Waals surface area contributed by atoms with Gasteiger partial charge in [-0.05, 0) is 12.5 Å². The second-order valence-corrected chi connectivity index (χ2v) is 4.53. The molecule has 116 valence electrons. The molecule has 0 aliphatic heterocycles. The molecule has 1 amide bonds. The molecule has 0 aliphatic rings. The van der Waals surface area contributed by atoms with Crippen molar-refractivity contribution in [2.75, 3.05) is 14.2 Å². The van der Waals surface area contributed by atoms with Crippen molar-refractivity contribution in [3.8, 4) is 0 Å². The minimum Gasteiger partial charge on any atom is -0.469 e. The van der Waals surface area contributed by atoms with Gasteiger partial charge in [0.25, 0.3) is 0 Å². The molecule has 2 atom stereocenters. The van der Waals surface area contributed by atoms with Crippen LogP contribution in [0.1, 0.15) is 18.9 Å². The van der Waals surface area contributed by atoms with Crippen LogP contribution >= 0.6 is 0 Å². The quantitative estimate of drug-likeness (QED) is 0.777. The van der Waals surface area contributed by atoms with Gasteiger partial charge in [0.2, 0.25) is 0 Å². The molecule has 0 spiro atoms. The highest BCUT2D eigenvalue weighted by Crippen LogP contribution is 2.06. The predicted molar refractivity (Wildman–Crippen MR) is 76.7 cm³/mol. The largest absolute Gasteiger partial charge is 0.469 e. The van der Waals surface area contributed by atoms with Crippen LogP contribution in [0.4, 0.5) is 4.79 Å². The standard InChI is InChI=1S/C15H21NO5/c1-11(19-2)13(9-14(17)20-3)16-15(18)21-10-12-7-5-4-6-8-12/h4-8,11,13H,9-10H2,1-3H3,(H,16,18)/t11?,13-/m1/s1. The highest BCUT2D eigenvalue weighted by molar-refractivity contribution is 5.72. The molecule has 6 nitrogen and oxygen atoms in total. The molecular weight excluding hydrogens is 274 g/mol. The molecule has 0 fully saturated rings. The smallest absolute Gasteiger partial charge is 0.407 e. The predicted octanol–water partition coefficient (Wildman–Crippen LogP) is 1.88. The van der Waals surface area contributed by atoms with Gasteiger partial charge in [0.05, 0.1) is 25.7 Å². The summed E-state index contributed by atoms with van der Waals surface area (Å²) in [6.07, 6.45) is -0.920. The van der Waals surface area contributed by atoms with Crippen LogP contribution in [0, 0.1) is 0 Å². The third kappa shape index (κ3) is 6.27. The molecule has 0 bridgehead atoms. The fraction of sp³-hybridized carbons (Fsp3) is 0.467. The van der Waals surface area contributed by atoms with Crippen LogP contribution in [0.3, 0.4) is 0 Å². The Kier molecular flexibility index (Phi) is 7.25. The Balaban J connectivity index is 2.49. The maximum absolute atomic E-state index is 11.8. The third-order valence-corrected chi connectivity index (χ3v) is 3.07. The fourth-order valence-electron chi connectivity index (χ4n) is 1.68. The second kappa shape index (κ2) is 8.97. The van der Waals surface area contributed by atoms with E-state index in [0.29, 0.717) is 0 Å². The fourth-order valence-corrected chi connectivity index (χ4v) is 1.68. The van der Waals surface area contributed by atoms with Gasteiger partial charge in [-0.25, -0.2) is 4.79 Å². The van der Waals surface area contributed by atoms with Crippen molar-refractivity contribution in [2.24, 2.45) is 0 Å². The van der Waals surface area contributed by atoms with E-state index in [2.05, 4.69) is 10.1 Å². The summed E-state index contributed by atoms with van der Waals surface area (Å²) in [7, 11) is 2.80. The average molecular weight is 295 g/mol. The van der Waals surface area contributed by atoms with Crippen LogP contribution in [-0.4, -0.2) is 38.4 Å². The van der Waals surface area contributed by atoms with Gasteiger partial charge >= 0.3 is 12.1 Å². The van der Waals surface area contributed by atoms with Crippen LogP contribution in [0.2, 0.25) is 0 Å². The zero-order valence-corrected chi connectivity index (χ0v) is 12.5. The lowest BCUT2D eigenvalue weighted by atomic mass is 10.1. The van der Waals surface area contributed by atoms with Crippen molar-refractivity contribution >= 4 is 12.1 Å². The van der Waals surface area contributed by atoms with Crippen molar-refractivity contribution in [1.29, 1.82) is 0 Å². The Bertz CT molecular complexity index is 449. The summed E-state index contributed by atoms with van der Waals surface area (Å²) in [4.78, 5) is 23.1. The van der Waals surface area contributed by atoms with Gasteiger partial charge in [-0.3, -0.25) is 4.79 Å². The lowest BCUT2D eigenvalue weighted by molar-refractivity contribution is -0.141. The topological polar surface area (TPSA) is 73.9 Å². The van der Waals surface area contributed by atoms with Crippen LogP contribution < -0.4 is 5.32 Å². The van der Waals surface area contributed by atoms with E-state index >= 15 is 0 Å². The Labute approximate surface area is 124 Å². The van der Waals surface area contributed by atoms with Crippen molar-refractivity contribution < 1.29 is 23.8 Å². The molecule has 0 aromatic heterocycles. The number of alkyl carbamates (subject to hydrolysis) is 1. The zero-order chi connectivity index (χ0) is 15.7. The molecule has 0 aliphatic carbocycles. The SMILES string of the molecule is COC(=O)C[C@@H](NC(=O)OCc1ccccc1)C(C)OC. The van der Waals surface area contributed by atoms with E-state index in [1.54, 1.807) is 6.92 Å². The first-order valence-corrected chi connectivity index (χ1v) is 6.63. The van der Waals surface area contributed by atoms with Crippen LogP contribution in [-0.2, 0) is 25.6 Å². The van der Waals surface area contributed by atoms with Crippen LogP contribution in [0.5, 0.6) is 0 Å². The Morgan fingerprint density at radius 2 is 1.86 bits per heavy atom. The monoisotopic (exact) mass is 295 g/mol. The summed E-state index contributed by atoms with van der Waals surface area (Å²) in [5, 5.41) is 2.62. The molecule has 1 aromatic rings. The summed E-state index contributed by atoms with van der Waals surface area (Å²) in [5.41, 5.74) is 0.886. The number of hydrogen-bond acceptors (Lipinski definition) is 5. The average Bonchev–Trinajstić information content (AvgIpc) is 2.52. The summed E-state index contributed by atoms with van der Waals surface area (Å²) < 4.78 is 14.9. The molecule has 0 saturated heterocycles. The number of esters is 1. The van der Waals surface area contributed by atoms with E-state index < -0.39 is 18.1 Å². The number of nitrogens with one attached hydrogen (secondary N) is 1. The molecule has 0 saturated carbocycles. The number of rotatable bonds is 7. The number of carbonyl (C=O) groups excluding carboxylic acids is 2. The summed E-state index contributed by atoms with van der Waals surface area (Å²) in [6, 6.07) is 8.82. The van der Waals surface area contributed by atoms with Gasteiger partial charge in [0.15, 0.2) is 0 Å². The lowest BCUT2D eigenvalue weighted by Crippen LogP contribution is -2.44. The van der Waals surface area contributed by atoms with Crippen molar-refractivity contribution in [3.05, 3.63) is 35.9 Å². The molecular formula is C15H21NO5. The van der Waals surface area contributed by atoms with Gasteiger partial charge in [0.1, 0.15) is 6.61 Å². The minimum absolute atomic E-state index is 0.0198. The van der Waals surface area contributed by atoms with E-state index in [1.807, 2.05) is 30.3 Å². The maximum Gasteiger partial charge on any atom is 0.407 e. The number of amides is 1. The van der Waals surface area contributed by atoms with Crippen LogP contribution in [0.25, 0.3) is 0 Å². The summed E-state index contributed by atoms with van der Waals surface area (Å²) >= 11 is 0. The maximum atomic E-state index is 11.8. The summed E-state index contributed by atoms with van der Waals surface area (Å²) in [6.45, 7) is 1.92. The molecule has 6 heteroatoms. The van der Waals surface area contributed by atoms with Gasteiger partial charge in [0, 0.05) is 7.11 Å². The molecule has 1 aromatic carbocycles. The van der Waals surface area contributed by atoms with Gasteiger partial charge in [-0.1, -0.05) is 30.3 Å². The first-order chi connectivity index (χ1) is 10.1. The van der Waals surface area contributed by atoms with E-state index in [-0.39, 0.29) is 19.1 Å². The first kappa shape index (κ1) is 17.0. The number of benzene rings is 1. The Morgan fingerprint density at radius 1 is 1.19 bits per heavy atom. The van der Waals surface area contributed by atoms with Gasteiger partial charge < -0.3 is 19.5 Å². The van der Waals surface area contributed by atoms with Crippen molar-refractivity contribution in [1.82, 2.24) is 5.32 Å². The van der Waals surface area contributed by atoms with E-state index in [1.165, 1.54) is 14.2 Å². The highest BCUT2D eigenvalue weighted by Gasteiger charge is 2.23. The first-order valence-electron chi connectivity index (χ1n) is 6.63. The zero-order valence-electron chi connectivity index (χ0n) is 12.5. The molecule has 0 heterocycles. The number of methoxy groups -OCH3 is 2. The van der Waals surface area contributed by atoms with Crippen molar-refractivity contribution in [2.45, 2.75) is 32.1 Å². The second-order valence-electron chi connectivity index (χ2n) is 4.53. The third-order valence-electron chi connectivity index (χ3n) is 3.07. The summed E-state index contributed by atoms with van der Waals surface area (Å²) in [5.74, 6) is -0.424. The Hall–Kier alpha value is -2.08. The van der Waals surface area contributed by atoms with E-state index in [4.69, 9.17) is 9.47 Å². The molecule has 21 heavy (non-hydrogen) atoms. The Morgan fingerprint density at radius 3 is 2.43 bits per heavy atom. The molecule has 1 rings (SSSR count). The number of carbonyl (C=O) groups is 2. The lowest BCUT2D eigenvalue weighted by Gasteiger charge is -2.22. The minimum atomic E-state index is -0.600. The van der Waals surface area contributed by atoms with Gasteiger partial charge in [-0.15, -0.1) is 0 Å². The normalized spacial score (nSPS) is 13.1. The molecule has 1 unspecified atom stereocenters. The van der Waals surface area contributed by atoms with Gasteiger partial charge in [-0.2, -0.15) is 0 Å².